The van der Waals surface area contributed by atoms with Crippen LogP contribution in [0.5, 0.6) is 11.5 Å². The van der Waals surface area contributed by atoms with E-state index in [0.29, 0.717) is 29.3 Å². The second-order valence-corrected chi connectivity index (χ2v) is 10.1. The van der Waals surface area contributed by atoms with E-state index < -0.39 is 23.0 Å². The number of nitrogens with one attached hydrogen (secondary N) is 2. The number of hydrogen-bond acceptors (Lipinski definition) is 3. The van der Waals surface area contributed by atoms with Crippen molar-refractivity contribution in [3.05, 3.63) is 123 Å². The van der Waals surface area contributed by atoms with Gasteiger partial charge in [0.05, 0.1) is 18.7 Å². The molecule has 2 aromatic heterocycles. The van der Waals surface area contributed by atoms with E-state index in [-0.39, 0.29) is 18.1 Å². The molecule has 0 atom stereocenters. The number of carbonyl (C=O) groups excluding carboxylic acids is 1. The van der Waals surface area contributed by atoms with Gasteiger partial charge < -0.3 is 19.6 Å². The number of aromatic nitrogens is 2. The van der Waals surface area contributed by atoms with Gasteiger partial charge in [-0.1, -0.05) is 23.8 Å². The lowest BCUT2D eigenvalue weighted by Gasteiger charge is -2.19. The number of pyridine rings is 1. The fraction of sp³-hybridized carbons (Fsp3) is 0.182. The number of benzene rings is 3. The maximum atomic E-state index is 13.9. The van der Waals surface area contributed by atoms with E-state index in [9.17, 15) is 22.8 Å². The fourth-order valence-electron chi connectivity index (χ4n) is 4.93. The van der Waals surface area contributed by atoms with Gasteiger partial charge in [-0.2, -0.15) is 13.2 Å². The Balaban J connectivity index is 1.51. The standard InChI is InChI=1S/C33H27F3N4O3/c1-5-38-31(41)28-16-23-15-25(12-13-27(23)39-28)43-24-10-8-21(9-11-24)29-17-26(33(34,35)36)30(37-4)32(42)40(29)18-22-7-6-19(2)14-20(22)3/h6-17,39H,5,18H2,1-3H3,(H,38,41). The van der Waals surface area contributed by atoms with E-state index in [1.807, 2.05) is 39.0 Å². The molecule has 2 heterocycles. The summed E-state index contributed by atoms with van der Waals surface area (Å²) < 4.78 is 49.0. The topological polar surface area (TPSA) is 80.5 Å². The smallest absolute Gasteiger partial charge is 0.407 e. The van der Waals surface area contributed by atoms with Gasteiger partial charge in [0.1, 0.15) is 17.2 Å². The molecule has 0 aliphatic carbocycles. The molecule has 1 amide bonds. The monoisotopic (exact) mass is 584 g/mol. The van der Waals surface area contributed by atoms with Gasteiger partial charge in [0, 0.05) is 23.1 Å². The van der Waals surface area contributed by atoms with E-state index in [0.717, 1.165) is 33.7 Å². The summed E-state index contributed by atoms with van der Waals surface area (Å²) in [6, 6.07) is 19.8. The molecule has 0 aliphatic rings. The van der Waals surface area contributed by atoms with Crippen LogP contribution >= 0.6 is 0 Å². The van der Waals surface area contributed by atoms with Gasteiger partial charge in [0.15, 0.2) is 0 Å². The Hall–Kier alpha value is -5.30. The lowest BCUT2D eigenvalue weighted by Crippen LogP contribution is -2.25. The third-order valence-corrected chi connectivity index (χ3v) is 7.08. The first-order valence-electron chi connectivity index (χ1n) is 13.5. The molecule has 0 saturated carbocycles. The number of aromatic amines is 1. The van der Waals surface area contributed by atoms with Crippen LogP contribution in [0.4, 0.5) is 18.9 Å². The molecule has 0 unspecified atom stereocenters. The molecule has 218 valence electrons. The molecule has 5 aromatic rings. The first kappa shape index (κ1) is 29.2. The van der Waals surface area contributed by atoms with Crippen molar-refractivity contribution in [2.24, 2.45) is 0 Å². The molecule has 7 nitrogen and oxygen atoms in total. The molecule has 2 N–H and O–H groups in total. The summed E-state index contributed by atoms with van der Waals surface area (Å²) in [4.78, 5) is 31.5. The molecule has 0 fully saturated rings. The predicted molar refractivity (Wildman–Crippen MR) is 159 cm³/mol. The molecule has 43 heavy (non-hydrogen) atoms. The second-order valence-electron chi connectivity index (χ2n) is 10.1. The van der Waals surface area contributed by atoms with Gasteiger partial charge in [-0.15, -0.1) is 0 Å². The zero-order valence-electron chi connectivity index (χ0n) is 23.6. The van der Waals surface area contributed by atoms with Crippen molar-refractivity contribution in [2.75, 3.05) is 6.54 Å². The van der Waals surface area contributed by atoms with Crippen molar-refractivity contribution < 1.29 is 22.7 Å². The van der Waals surface area contributed by atoms with Crippen LogP contribution in [-0.4, -0.2) is 22.0 Å². The number of amides is 1. The van der Waals surface area contributed by atoms with Gasteiger partial charge in [-0.05, 0) is 92.1 Å². The average Bonchev–Trinajstić information content (AvgIpc) is 3.39. The number of alkyl halides is 3. The van der Waals surface area contributed by atoms with Crippen LogP contribution in [0.3, 0.4) is 0 Å². The average molecular weight is 585 g/mol. The van der Waals surface area contributed by atoms with E-state index >= 15 is 0 Å². The zero-order chi connectivity index (χ0) is 30.9. The van der Waals surface area contributed by atoms with Crippen LogP contribution in [-0.2, 0) is 12.7 Å². The van der Waals surface area contributed by atoms with Crippen LogP contribution < -0.4 is 15.6 Å². The number of rotatable bonds is 7. The molecule has 10 heteroatoms. The van der Waals surface area contributed by atoms with Crippen molar-refractivity contribution in [3.8, 4) is 22.8 Å². The Morgan fingerprint density at radius 1 is 1.00 bits per heavy atom. The van der Waals surface area contributed by atoms with E-state index in [1.54, 1.807) is 48.5 Å². The number of nitrogens with zero attached hydrogens (tertiary/aromatic N) is 2. The number of carbonyl (C=O) groups is 1. The lowest BCUT2D eigenvalue weighted by atomic mass is 10.0. The number of ether oxygens (including phenoxy) is 1. The Kier molecular flexibility index (Phi) is 7.83. The van der Waals surface area contributed by atoms with Gasteiger partial charge in [-0.3, -0.25) is 9.59 Å². The summed E-state index contributed by atoms with van der Waals surface area (Å²) in [6.07, 6.45) is -4.89. The van der Waals surface area contributed by atoms with Gasteiger partial charge in [0.25, 0.3) is 17.2 Å². The highest BCUT2D eigenvalue weighted by Gasteiger charge is 2.36. The third-order valence-electron chi connectivity index (χ3n) is 7.08. The maximum absolute atomic E-state index is 13.9. The van der Waals surface area contributed by atoms with Crippen molar-refractivity contribution >= 4 is 22.5 Å². The quantitative estimate of drug-likeness (QED) is 0.192. The van der Waals surface area contributed by atoms with Crippen molar-refractivity contribution in [1.29, 1.82) is 0 Å². The molecule has 0 saturated heterocycles. The number of H-pyrrole nitrogens is 1. The van der Waals surface area contributed by atoms with Crippen LogP contribution in [0, 0.1) is 20.4 Å². The van der Waals surface area contributed by atoms with Crippen LogP contribution in [0.1, 0.15) is 39.7 Å². The van der Waals surface area contributed by atoms with E-state index in [1.165, 1.54) is 4.57 Å². The third kappa shape index (κ3) is 6.02. The van der Waals surface area contributed by atoms with Crippen LogP contribution in [0.2, 0.25) is 0 Å². The van der Waals surface area contributed by atoms with Crippen LogP contribution in [0.25, 0.3) is 27.0 Å². The highest BCUT2D eigenvalue weighted by atomic mass is 19.4. The number of aryl methyl sites for hydroxylation is 2. The highest BCUT2D eigenvalue weighted by molar-refractivity contribution is 5.98. The molecule has 0 aliphatic heterocycles. The predicted octanol–water partition coefficient (Wildman–Crippen LogP) is 7.77. The zero-order valence-corrected chi connectivity index (χ0v) is 23.6. The molecule has 3 aromatic carbocycles. The largest absolute Gasteiger partial charge is 0.457 e. The first-order chi connectivity index (χ1) is 20.5. The minimum atomic E-state index is -4.89. The van der Waals surface area contributed by atoms with E-state index in [2.05, 4.69) is 15.1 Å². The minimum Gasteiger partial charge on any atom is -0.457 e. The summed E-state index contributed by atoms with van der Waals surface area (Å²) in [6.45, 7) is 13.4. The van der Waals surface area contributed by atoms with Gasteiger partial charge >= 0.3 is 6.18 Å². The molecule has 0 bridgehead atoms. The summed E-state index contributed by atoms with van der Waals surface area (Å²) in [5.41, 5.74) is 0.962. The Morgan fingerprint density at radius 2 is 1.72 bits per heavy atom. The van der Waals surface area contributed by atoms with Crippen molar-refractivity contribution in [3.63, 3.8) is 0 Å². The van der Waals surface area contributed by atoms with Crippen molar-refractivity contribution in [2.45, 2.75) is 33.5 Å². The SMILES string of the molecule is [C-]#[N+]c1c(C(F)(F)F)cc(-c2ccc(Oc3ccc4[nH]c(C(=O)NCC)cc4c3)cc2)n(Cc2ccc(C)cc2C)c1=O. The molecular formula is C33H27F3N4O3. The molecule has 5 rings (SSSR count). The van der Waals surface area contributed by atoms with Gasteiger partial charge in [-0.25, -0.2) is 4.85 Å². The Labute approximate surface area is 245 Å². The Bertz CT molecular complexity index is 1950. The first-order valence-corrected chi connectivity index (χ1v) is 13.5. The molecular weight excluding hydrogens is 557 g/mol. The molecule has 0 spiro atoms. The summed E-state index contributed by atoms with van der Waals surface area (Å²) in [7, 11) is 0. The highest BCUT2D eigenvalue weighted by Crippen LogP contribution is 2.38. The Morgan fingerprint density at radius 3 is 2.37 bits per heavy atom. The minimum absolute atomic E-state index is 0.00582. The second kappa shape index (κ2) is 11.5. The summed E-state index contributed by atoms with van der Waals surface area (Å²) in [5.74, 6) is 0.694. The molecule has 0 radical (unpaired) electrons. The number of halogens is 3. The van der Waals surface area contributed by atoms with Crippen LogP contribution in [0.15, 0.2) is 77.6 Å². The summed E-state index contributed by atoms with van der Waals surface area (Å²) >= 11 is 0. The number of fused-ring (bicyclic) bond motifs is 1. The normalized spacial score (nSPS) is 11.4. The summed E-state index contributed by atoms with van der Waals surface area (Å²) in [5, 5.41) is 3.51. The van der Waals surface area contributed by atoms with Gasteiger partial charge in [0.2, 0.25) is 0 Å². The van der Waals surface area contributed by atoms with Crippen molar-refractivity contribution in [1.82, 2.24) is 14.9 Å². The maximum Gasteiger partial charge on any atom is 0.407 e. The fourth-order valence-corrected chi connectivity index (χ4v) is 4.93. The van der Waals surface area contributed by atoms with E-state index in [4.69, 9.17) is 11.3 Å². The number of hydrogen-bond donors (Lipinski definition) is 2. The lowest BCUT2D eigenvalue weighted by molar-refractivity contribution is -0.136.